The van der Waals surface area contributed by atoms with Crippen LogP contribution in [0, 0.1) is 5.82 Å². The molecule has 0 unspecified atom stereocenters. The smallest absolute Gasteiger partial charge is 0.162 e. The Morgan fingerprint density at radius 3 is 2.33 bits per heavy atom. The second-order valence-electron chi connectivity index (χ2n) is 5.28. The van der Waals surface area contributed by atoms with E-state index >= 15 is 0 Å². The van der Waals surface area contributed by atoms with Crippen LogP contribution in [0.3, 0.4) is 0 Å². The lowest BCUT2D eigenvalue weighted by Crippen LogP contribution is -1.99. The van der Waals surface area contributed by atoms with Crippen LogP contribution in [-0.4, -0.2) is 15.0 Å². The van der Waals surface area contributed by atoms with Gasteiger partial charge in [-0.1, -0.05) is 12.1 Å². The molecule has 0 spiro atoms. The van der Waals surface area contributed by atoms with E-state index in [0.29, 0.717) is 11.6 Å². The molecule has 0 atom stereocenters. The van der Waals surface area contributed by atoms with Crippen molar-refractivity contribution in [3.63, 3.8) is 0 Å². The highest BCUT2D eigenvalue weighted by Gasteiger charge is 2.09. The van der Waals surface area contributed by atoms with Gasteiger partial charge < -0.3 is 5.32 Å². The SMILES string of the molecule is Fc1ccc(-c2nc(Nc3ccncc3)c3ccccc3n2)cc1. The molecule has 116 valence electrons. The van der Waals surface area contributed by atoms with Gasteiger partial charge in [-0.3, -0.25) is 4.98 Å². The quantitative estimate of drug-likeness (QED) is 0.601. The third kappa shape index (κ3) is 2.79. The Bertz CT molecular complexity index is 985. The lowest BCUT2D eigenvalue weighted by Gasteiger charge is -2.11. The number of fused-ring (bicyclic) bond motifs is 1. The fraction of sp³-hybridized carbons (Fsp3) is 0. The standard InChI is InChI=1S/C19H13FN4/c20-14-7-5-13(6-8-14)18-23-17-4-2-1-3-16(17)19(24-18)22-15-9-11-21-12-10-15/h1-12H,(H,21,22,23,24). The first-order valence-electron chi connectivity index (χ1n) is 7.49. The zero-order valence-corrected chi connectivity index (χ0v) is 12.6. The minimum atomic E-state index is -0.283. The fourth-order valence-electron chi connectivity index (χ4n) is 2.47. The Labute approximate surface area is 138 Å². The summed E-state index contributed by atoms with van der Waals surface area (Å²) in [5.74, 6) is 0.964. The van der Waals surface area contributed by atoms with Crippen molar-refractivity contribution in [1.29, 1.82) is 0 Å². The van der Waals surface area contributed by atoms with Gasteiger partial charge in [0.05, 0.1) is 5.52 Å². The number of benzene rings is 2. The second kappa shape index (κ2) is 6.04. The number of halogens is 1. The number of para-hydroxylation sites is 1. The summed E-state index contributed by atoms with van der Waals surface area (Å²) >= 11 is 0. The molecule has 4 nitrogen and oxygen atoms in total. The van der Waals surface area contributed by atoms with Crippen LogP contribution in [0.5, 0.6) is 0 Å². The third-order valence-corrected chi connectivity index (χ3v) is 3.65. The highest BCUT2D eigenvalue weighted by molar-refractivity contribution is 5.92. The molecule has 0 amide bonds. The van der Waals surface area contributed by atoms with Crippen LogP contribution in [0.4, 0.5) is 15.9 Å². The van der Waals surface area contributed by atoms with E-state index in [-0.39, 0.29) is 5.82 Å². The monoisotopic (exact) mass is 316 g/mol. The van der Waals surface area contributed by atoms with E-state index in [1.807, 2.05) is 36.4 Å². The first-order chi connectivity index (χ1) is 11.8. The van der Waals surface area contributed by atoms with Crippen molar-refractivity contribution in [2.45, 2.75) is 0 Å². The van der Waals surface area contributed by atoms with Gasteiger partial charge in [-0.25, -0.2) is 14.4 Å². The molecule has 2 heterocycles. The number of pyridine rings is 1. The summed E-state index contributed by atoms with van der Waals surface area (Å²) < 4.78 is 13.2. The predicted octanol–water partition coefficient (Wildman–Crippen LogP) is 4.57. The maximum absolute atomic E-state index is 13.2. The van der Waals surface area contributed by atoms with Crippen LogP contribution >= 0.6 is 0 Å². The first kappa shape index (κ1) is 14.3. The summed E-state index contributed by atoms with van der Waals surface area (Å²) in [4.78, 5) is 13.2. The van der Waals surface area contributed by atoms with Crippen molar-refractivity contribution in [2.75, 3.05) is 5.32 Å². The highest BCUT2D eigenvalue weighted by Crippen LogP contribution is 2.27. The van der Waals surface area contributed by atoms with E-state index in [2.05, 4.69) is 20.3 Å². The number of hydrogen-bond acceptors (Lipinski definition) is 4. The molecule has 0 aliphatic heterocycles. The summed E-state index contributed by atoms with van der Waals surface area (Å²) in [5.41, 5.74) is 2.47. The summed E-state index contributed by atoms with van der Waals surface area (Å²) in [6.07, 6.45) is 3.43. The maximum atomic E-state index is 13.2. The van der Waals surface area contributed by atoms with E-state index in [9.17, 15) is 4.39 Å². The van der Waals surface area contributed by atoms with Crippen molar-refractivity contribution in [1.82, 2.24) is 15.0 Å². The van der Waals surface area contributed by atoms with Gasteiger partial charge in [-0.05, 0) is 48.5 Å². The Morgan fingerprint density at radius 2 is 1.54 bits per heavy atom. The largest absolute Gasteiger partial charge is 0.340 e. The molecule has 0 bridgehead atoms. The molecule has 4 rings (SSSR count). The van der Waals surface area contributed by atoms with E-state index in [1.165, 1.54) is 12.1 Å². The van der Waals surface area contributed by atoms with Crippen LogP contribution < -0.4 is 5.32 Å². The van der Waals surface area contributed by atoms with E-state index in [0.717, 1.165) is 22.2 Å². The van der Waals surface area contributed by atoms with Crippen LogP contribution in [-0.2, 0) is 0 Å². The Hall–Kier alpha value is -3.34. The van der Waals surface area contributed by atoms with Crippen molar-refractivity contribution < 1.29 is 4.39 Å². The zero-order valence-electron chi connectivity index (χ0n) is 12.6. The fourth-order valence-corrected chi connectivity index (χ4v) is 2.47. The molecular weight excluding hydrogens is 303 g/mol. The Morgan fingerprint density at radius 1 is 0.792 bits per heavy atom. The number of hydrogen-bond donors (Lipinski definition) is 1. The molecule has 0 aliphatic rings. The molecule has 0 aliphatic carbocycles. The summed E-state index contributed by atoms with van der Waals surface area (Å²) in [5, 5.41) is 4.22. The Kier molecular flexibility index (Phi) is 3.59. The van der Waals surface area contributed by atoms with Crippen molar-refractivity contribution >= 4 is 22.4 Å². The van der Waals surface area contributed by atoms with Gasteiger partial charge in [0.2, 0.25) is 0 Å². The number of aromatic nitrogens is 3. The minimum absolute atomic E-state index is 0.283. The molecular formula is C19H13FN4. The zero-order chi connectivity index (χ0) is 16.4. The molecule has 1 N–H and O–H groups in total. The summed E-state index contributed by atoms with van der Waals surface area (Å²) in [6, 6.07) is 17.7. The van der Waals surface area contributed by atoms with Gasteiger partial charge >= 0.3 is 0 Å². The second-order valence-corrected chi connectivity index (χ2v) is 5.28. The van der Waals surface area contributed by atoms with Crippen LogP contribution in [0.15, 0.2) is 73.1 Å². The van der Waals surface area contributed by atoms with Crippen LogP contribution in [0.1, 0.15) is 0 Å². The maximum Gasteiger partial charge on any atom is 0.162 e. The number of anilines is 2. The number of nitrogens with one attached hydrogen (secondary N) is 1. The number of nitrogens with zero attached hydrogens (tertiary/aromatic N) is 3. The van der Waals surface area contributed by atoms with Gasteiger partial charge in [0.25, 0.3) is 0 Å². The molecule has 4 aromatic rings. The molecule has 24 heavy (non-hydrogen) atoms. The molecule has 0 fully saturated rings. The topological polar surface area (TPSA) is 50.7 Å². The lowest BCUT2D eigenvalue weighted by molar-refractivity contribution is 0.628. The highest BCUT2D eigenvalue weighted by atomic mass is 19.1. The van der Waals surface area contributed by atoms with Gasteiger partial charge in [-0.15, -0.1) is 0 Å². The predicted molar refractivity (Wildman–Crippen MR) is 92.5 cm³/mol. The number of rotatable bonds is 3. The van der Waals surface area contributed by atoms with Crippen LogP contribution in [0.2, 0.25) is 0 Å². The van der Waals surface area contributed by atoms with E-state index in [4.69, 9.17) is 0 Å². The molecule has 2 aromatic heterocycles. The first-order valence-corrected chi connectivity index (χ1v) is 7.49. The lowest BCUT2D eigenvalue weighted by atomic mass is 10.1. The van der Waals surface area contributed by atoms with Crippen molar-refractivity contribution in [3.05, 3.63) is 78.9 Å². The molecule has 2 aromatic carbocycles. The average molecular weight is 316 g/mol. The molecule has 0 radical (unpaired) electrons. The molecule has 0 saturated heterocycles. The molecule has 5 heteroatoms. The van der Waals surface area contributed by atoms with Gasteiger partial charge in [0.1, 0.15) is 11.6 Å². The van der Waals surface area contributed by atoms with Gasteiger partial charge in [0.15, 0.2) is 5.82 Å². The average Bonchev–Trinajstić information content (AvgIpc) is 2.63. The Balaban J connectivity index is 1.86. The molecule has 0 saturated carbocycles. The normalized spacial score (nSPS) is 10.7. The van der Waals surface area contributed by atoms with Gasteiger partial charge in [0, 0.05) is 29.0 Å². The van der Waals surface area contributed by atoms with Crippen molar-refractivity contribution in [2.24, 2.45) is 0 Å². The third-order valence-electron chi connectivity index (χ3n) is 3.65. The van der Waals surface area contributed by atoms with E-state index < -0.39 is 0 Å². The minimum Gasteiger partial charge on any atom is -0.340 e. The van der Waals surface area contributed by atoms with Gasteiger partial charge in [-0.2, -0.15) is 0 Å². The van der Waals surface area contributed by atoms with Crippen molar-refractivity contribution in [3.8, 4) is 11.4 Å². The van der Waals surface area contributed by atoms with E-state index in [1.54, 1.807) is 24.5 Å². The van der Waals surface area contributed by atoms with Crippen LogP contribution in [0.25, 0.3) is 22.3 Å². The summed E-state index contributed by atoms with van der Waals surface area (Å²) in [7, 11) is 0. The summed E-state index contributed by atoms with van der Waals surface area (Å²) in [6.45, 7) is 0.